The number of nitrogens with one attached hydrogen (secondary N) is 3. The van der Waals surface area contributed by atoms with Gasteiger partial charge in [-0.05, 0) is 18.3 Å². The third-order valence-corrected chi connectivity index (χ3v) is 2.92. The van der Waals surface area contributed by atoms with Crippen molar-refractivity contribution in [1.29, 1.82) is 0 Å². The van der Waals surface area contributed by atoms with E-state index in [1.165, 1.54) is 12.3 Å². The van der Waals surface area contributed by atoms with Crippen LogP contribution in [0.2, 0.25) is 0 Å². The fraction of sp³-hybridized carbons (Fsp3) is 0.0769. The molecule has 0 aliphatic rings. The van der Waals surface area contributed by atoms with Crippen LogP contribution in [0.3, 0.4) is 0 Å². The molecule has 0 unspecified atom stereocenters. The fourth-order valence-electron chi connectivity index (χ4n) is 1.81. The second kappa shape index (κ2) is 6.62. The van der Waals surface area contributed by atoms with Gasteiger partial charge in [0.15, 0.2) is 5.11 Å². The molecule has 0 atom stereocenters. The second-order valence-electron chi connectivity index (χ2n) is 4.07. The number of hydrogen-bond donors (Lipinski definition) is 3. The van der Waals surface area contributed by atoms with Crippen molar-refractivity contribution in [2.45, 2.75) is 0 Å². The van der Waals surface area contributed by atoms with Crippen LogP contribution in [0.15, 0.2) is 42.2 Å². The minimum Gasteiger partial charge on any atom is -0.360 e. The number of hydrogen-bond acceptors (Lipinski definition) is 4. The standard InChI is InChI=1S/C13H13N5O2S/c1-2-6-14-13(21)17-16-8-9-7-15-10-4-3-5-11(12(9)10)18(19)20/h2-5,7-8,15H,1,6H2,(H2,14,17,21)/b16-8+. The molecule has 108 valence electrons. The van der Waals surface area contributed by atoms with Crippen molar-refractivity contribution in [3.8, 4) is 0 Å². The molecule has 0 aliphatic heterocycles. The molecule has 1 aromatic carbocycles. The van der Waals surface area contributed by atoms with Crippen molar-refractivity contribution in [3.05, 3.63) is 52.7 Å². The highest BCUT2D eigenvalue weighted by atomic mass is 32.1. The number of nitro groups is 1. The summed E-state index contributed by atoms with van der Waals surface area (Å²) < 4.78 is 0. The Balaban J connectivity index is 2.21. The predicted octanol–water partition coefficient (Wildman–Crippen LogP) is 2.06. The van der Waals surface area contributed by atoms with Crippen LogP contribution in [0.5, 0.6) is 0 Å². The first-order chi connectivity index (χ1) is 10.1. The molecule has 21 heavy (non-hydrogen) atoms. The van der Waals surface area contributed by atoms with Crippen LogP contribution < -0.4 is 10.7 Å². The summed E-state index contributed by atoms with van der Waals surface area (Å²) in [6, 6.07) is 4.85. The van der Waals surface area contributed by atoms with Gasteiger partial charge in [-0.2, -0.15) is 5.10 Å². The molecule has 0 radical (unpaired) electrons. The number of non-ortho nitro benzene ring substituents is 1. The molecule has 2 aromatic rings. The summed E-state index contributed by atoms with van der Waals surface area (Å²) in [5, 5.41) is 18.7. The number of aromatic nitrogens is 1. The van der Waals surface area contributed by atoms with Crippen LogP contribution >= 0.6 is 12.2 Å². The van der Waals surface area contributed by atoms with Crippen LogP contribution in [0.1, 0.15) is 5.56 Å². The molecule has 2 rings (SSSR count). The monoisotopic (exact) mass is 303 g/mol. The molecule has 7 nitrogen and oxygen atoms in total. The molecule has 0 aliphatic carbocycles. The Morgan fingerprint density at radius 2 is 2.38 bits per heavy atom. The second-order valence-corrected chi connectivity index (χ2v) is 4.48. The minimum atomic E-state index is -0.419. The summed E-state index contributed by atoms with van der Waals surface area (Å²) in [5.74, 6) is 0. The van der Waals surface area contributed by atoms with E-state index in [9.17, 15) is 10.1 Å². The van der Waals surface area contributed by atoms with Gasteiger partial charge in [-0.15, -0.1) is 6.58 Å². The summed E-state index contributed by atoms with van der Waals surface area (Å²) in [5.41, 5.74) is 3.94. The first-order valence-electron chi connectivity index (χ1n) is 6.05. The number of rotatable bonds is 5. The van der Waals surface area contributed by atoms with Crippen LogP contribution in [0, 0.1) is 10.1 Å². The van der Waals surface area contributed by atoms with Gasteiger partial charge in [0.1, 0.15) is 0 Å². The van der Waals surface area contributed by atoms with Gasteiger partial charge in [-0.1, -0.05) is 12.1 Å². The molecule has 1 aromatic heterocycles. The van der Waals surface area contributed by atoms with Gasteiger partial charge in [0.05, 0.1) is 22.0 Å². The van der Waals surface area contributed by atoms with E-state index in [0.29, 0.717) is 28.1 Å². The zero-order valence-corrected chi connectivity index (χ0v) is 11.8. The Hall–Kier alpha value is -2.74. The lowest BCUT2D eigenvalue weighted by molar-refractivity contribution is -0.383. The van der Waals surface area contributed by atoms with E-state index >= 15 is 0 Å². The number of hydrazone groups is 1. The van der Waals surface area contributed by atoms with Gasteiger partial charge in [0.25, 0.3) is 5.69 Å². The van der Waals surface area contributed by atoms with Gasteiger partial charge in [-0.25, -0.2) is 0 Å². The molecule has 3 N–H and O–H groups in total. The van der Waals surface area contributed by atoms with Crippen LogP contribution in [-0.2, 0) is 0 Å². The smallest absolute Gasteiger partial charge is 0.279 e. The molecule has 8 heteroatoms. The van der Waals surface area contributed by atoms with Gasteiger partial charge in [0, 0.05) is 24.4 Å². The Morgan fingerprint density at radius 3 is 3.10 bits per heavy atom. The van der Waals surface area contributed by atoms with E-state index in [1.807, 2.05) is 0 Å². The van der Waals surface area contributed by atoms with Crippen LogP contribution in [0.4, 0.5) is 5.69 Å². The number of fused-ring (bicyclic) bond motifs is 1. The number of aromatic amines is 1. The zero-order chi connectivity index (χ0) is 15.2. The molecule has 0 spiro atoms. The Morgan fingerprint density at radius 1 is 1.57 bits per heavy atom. The van der Waals surface area contributed by atoms with E-state index < -0.39 is 4.92 Å². The fourth-order valence-corrected chi connectivity index (χ4v) is 1.95. The normalized spacial score (nSPS) is 10.7. The summed E-state index contributed by atoms with van der Waals surface area (Å²) in [4.78, 5) is 13.6. The van der Waals surface area contributed by atoms with Crippen molar-refractivity contribution in [3.63, 3.8) is 0 Å². The van der Waals surface area contributed by atoms with E-state index in [0.717, 1.165) is 0 Å². The predicted molar refractivity (Wildman–Crippen MR) is 86.5 cm³/mol. The van der Waals surface area contributed by atoms with E-state index in [1.54, 1.807) is 24.4 Å². The van der Waals surface area contributed by atoms with Gasteiger partial charge in [-0.3, -0.25) is 15.5 Å². The highest BCUT2D eigenvalue weighted by Gasteiger charge is 2.15. The Bertz CT molecular complexity index is 722. The molecule has 0 saturated heterocycles. The Kier molecular flexibility index (Phi) is 4.62. The highest BCUT2D eigenvalue weighted by molar-refractivity contribution is 7.80. The molecule has 0 saturated carbocycles. The van der Waals surface area contributed by atoms with Crippen molar-refractivity contribution in [2.24, 2.45) is 5.10 Å². The maximum Gasteiger partial charge on any atom is 0.279 e. The van der Waals surface area contributed by atoms with Crippen molar-refractivity contribution >= 4 is 40.1 Å². The first-order valence-corrected chi connectivity index (χ1v) is 6.46. The molecule has 0 amide bonds. The quantitative estimate of drug-likeness (QED) is 0.258. The molecule has 1 heterocycles. The number of thiocarbonyl (C=S) groups is 1. The lowest BCUT2D eigenvalue weighted by Gasteiger charge is -2.02. The Labute approximate surface area is 125 Å². The van der Waals surface area contributed by atoms with E-state index in [2.05, 4.69) is 27.4 Å². The van der Waals surface area contributed by atoms with Crippen molar-refractivity contribution in [1.82, 2.24) is 15.7 Å². The summed E-state index contributed by atoms with van der Waals surface area (Å²) in [7, 11) is 0. The molecule has 0 fully saturated rings. The number of nitrogens with zero attached hydrogens (tertiary/aromatic N) is 2. The maximum absolute atomic E-state index is 11.1. The summed E-state index contributed by atoms with van der Waals surface area (Å²) >= 11 is 4.98. The SMILES string of the molecule is C=CCNC(=S)N/N=C/c1c[nH]c2cccc([N+](=O)[O-])c12. The zero-order valence-electron chi connectivity index (χ0n) is 11.0. The number of benzene rings is 1. The minimum absolute atomic E-state index is 0.0301. The van der Waals surface area contributed by atoms with Gasteiger partial charge < -0.3 is 10.3 Å². The lowest BCUT2D eigenvalue weighted by Crippen LogP contribution is -2.31. The maximum atomic E-state index is 11.1. The number of H-pyrrole nitrogens is 1. The number of nitro benzene ring substituents is 1. The van der Waals surface area contributed by atoms with Gasteiger partial charge in [0.2, 0.25) is 0 Å². The van der Waals surface area contributed by atoms with Crippen LogP contribution in [0.25, 0.3) is 10.9 Å². The molecule has 0 bridgehead atoms. The average molecular weight is 303 g/mol. The van der Waals surface area contributed by atoms with Gasteiger partial charge >= 0.3 is 0 Å². The lowest BCUT2D eigenvalue weighted by atomic mass is 10.1. The topological polar surface area (TPSA) is 95.3 Å². The third-order valence-electron chi connectivity index (χ3n) is 2.69. The molecular weight excluding hydrogens is 290 g/mol. The largest absolute Gasteiger partial charge is 0.360 e. The van der Waals surface area contributed by atoms with E-state index in [4.69, 9.17) is 12.2 Å². The van der Waals surface area contributed by atoms with E-state index in [-0.39, 0.29) is 5.69 Å². The van der Waals surface area contributed by atoms with Crippen LogP contribution in [-0.4, -0.2) is 27.8 Å². The molecular formula is C13H13N5O2S. The van der Waals surface area contributed by atoms with Crippen molar-refractivity contribution < 1.29 is 4.92 Å². The summed E-state index contributed by atoms with van der Waals surface area (Å²) in [6.45, 7) is 4.09. The average Bonchev–Trinajstić information content (AvgIpc) is 2.88. The first kappa shape index (κ1) is 14.7. The third kappa shape index (κ3) is 3.42. The highest BCUT2D eigenvalue weighted by Crippen LogP contribution is 2.27. The summed E-state index contributed by atoms with van der Waals surface area (Å²) in [6.07, 6.45) is 4.80. The van der Waals surface area contributed by atoms with Crippen molar-refractivity contribution in [2.75, 3.05) is 6.54 Å².